The van der Waals surface area contributed by atoms with Gasteiger partial charge in [-0.05, 0) is 55.2 Å². The predicted molar refractivity (Wildman–Crippen MR) is 123 cm³/mol. The summed E-state index contributed by atoms with van der Waals surface area (Å²) in [6, 6.07) is 2.02. The van der Waals surface area contributed by atoms with E-state index in [-0.39, 0.29) is 35.8 Å². The molecule has 3 aliphatic rings. The van der Waals surface area contributed by atoms with Gasteiger partial charge in [-0.15, -0.1) is 0 Å². The smallest absolute Gasteiger partial charge is 0.429 e. The molecular weight excluding hydrogens is 517 g/mol. The Kier molecular flexibility index (Phi) is 7.91. The van der Waals surface area contributed by atoms with Crippen LogP contribution in [0.25, 0.3) is 0 Å². The van der Waals surface area contributed by atoms with E-state index in [9.17, 15) is 30.7 Å². The highest BCUT2D eigenvalue weighted by atomic mass is 19.3. The summed E-state index contributed by atoms with van der Waals surface area (Å²) in [7, 11) is 0. The Labute approximate surface area is 216 Å². The molecule has 1 saturated heterocycles. The highest BCUT2D eigenvalue weighted by Crippen LogP contribution is 2.43. The maximum Gasteiger partial charge on any atom is 0.432 e. The summed E-state index contributed by atoms with van der Waals surface area (Å²) in [4.78, 5) is 0. The van der Waals surface area contributed by atoms with Crippen molar-refractivity contribution in [1.29, 1.82) is 0 Å². The van der Waals surface area contributed by atoms with Crippen molar-refractivity contribution in [1.82, 2.24) is 0 Å². The average molecular weight is 547 g/mol. The molecule has 208 valence electrons. The summed E-state index contributed by atoms with van der Waals surface area (Å²) in [5.74, 6) is -8.65. The van der Waals surface area contributed by atoms with Crippen LogP contribution in [-0.2, 0) is 15.6 Å². The third kappa shape index (κ3) is 5.66. The third-order valence-corrected chi connectivity index (χ3v) is 8.20. The van der Waals surface area contributed by atoms with Crippen molar-refractivity contribution in [3.63, 3.8) is 0 Å². The monoisotopic (exact) mass is 546 g/mol. The number of rotatable bonds is 6. The minimum atomic E-state index is -4.60. The first-order chi connectivity index (χ1) is 18.1. The molecule has 0 bridgehead atoms. The molecule has 2 aliphatic carbocycles. The molecule has 2 saturated carbocycles. The van der Waals surface area contributed by atoms with Gasteiger partial charge in [0.2, 0.25) is 0 Å². The van der Waals surface area contributed by atoms with E-state index in [1.807, 2.05) is 0 Å². The van der Waals surface area contributed by atoms with Gasteiger partial charge in [0.15, 0.2) is 23.7 Å². The first-order valence-corrected chi connectivity index (χ1v) is 13.1. The van der Waals surface area contributed by atoms with Gasteiger partial charge in [-0.25, -0.2) is 22.0 Å². The van der Waals surface area contributed by atoms with Gasteiger partial charge in [0.05, 0.1) is 13.2 Å². The van der Waals surface area contributed by atoms with E-state index >= 15 is 0 Å². The lowest BCUT2D eigenvalue weighted by molar-refractivity contribution is -0.234. The van der Waals surface area contributed by atoms with Gasteiger partial charge < -0.3 is 14.2 Å². The van der Waals surface area contributed by atoms with Crippen LogP contribution in [0.5, 0.6) is 5.75 Å². The third-order valence-electron chi connectivity index (χ3n) is 8.20. The van der Waals surface area contributed by atoms with Crippen LogP contribution < -0.4 is 4.74 Å². The molecule has 10 heteroatoms. The van der Waals surface area contributed by atoms with E-state index in [0.717, 1.165) is 12.1 Å². The molecule has 0 radical (unpaired) electrons. The molecule has 3 fully saturated rings. The van der Waals surface area contributed by atoms with Gasteiger partial charge in [0, 0.05) is 24.0 Å². The van der Waals surface area contributed by atoms with E-state index in [0.29, 0.717) is 50.7 Å². The molecule has 0 N–H and O–H groups in total. The van der Waals surface area contributed by atoms with Crippen LogP contribution in [-0.4, -0.2) is 19.5 Å². The van der Waals surface area contributed by atoms with Crippen molar-refractivity contribution in [2.45, 2.75) is 69.7 Å². The Balaban J connectivity index is 1.21. The summed E-state index contributed by atoms with van der Waals surface area (Å²) in [5.41, 5.74) is -1.45. The van der Waals surface area contributed by atoms with Crippen molar-refractivity contribution in [2.24, 2.45) is 17.8 Å². The molecule has 0 spiro atoms. The Morgan fingerprint density at radius 2 is 1.21 bits per heavy atom. The van der Waals surface area contributed by atoms with E-state index in [2.05, 4.69) is 4.74 Å². The van der Waals surface area contributed by atoms with Crippen molar-refractivity contribution in [3.05, 3.63) is 64.5 Å². The first kappa shape index (κ1) is 27.2. The lowest BCUT2D eigenvalue weighted by Gasteiger charge is -2.39. The zero-order valence-corrected chi connectivity index (χ0v) is 20.6. The second kappa shape index (κ2) is 11.0. The molecule has 3 nitrogen and oxygen atoms in total. The molecule has 5 rings (SSSR count). The highest BCUT2D eigenvalue weighted by molar-refractivity contribution is 5.33. The maximum atomic E-state index is 14.8. The topological polar surface area (TPSA) is 27.7 Å². The fraction of sp³-hybridized carbons (Fsp3) is 0.571. The van der Waals surface area contributed by atoms with Crippen LogP contribution in [0.1, 0.15) is 68.4 Å². The summed E-state index contributed by atoms with van der Waals surface area (Å²) in [5, 5.41) is 0. The highest BCUT2D eigenvalue weighted by Gasteiger charge is 2.42. The molecule has 1 heterocycles. The zero-order valence-electron chi connectivity index (χ0n) is 20.6. The normalized spacial score (nSPS) is 27.0. The van der Waals surface area contributed by atoms with Gasteiger partial charge in [0.1, 0.15) is 22.9 Å². The minimum absolute atomic E-state index is 0.152. The van der Waals surface area contributed by atoms with Crippen LogP contribution in [0, 0.1) is 46.8 Å². The zero-order chi connectivity index (χ0) is 27.0. The lowest BCUT2D eigenvalue weighted by atomic mass is 9.78. The number of hydrogen-bond donors (Lipinski definition) is 0. The van der Waals surface area contributed by atoms with E-state index < -0.39 is 46.5 Å². The quantitative estimate of drug-likeness (QED) is 0.272. The molecule has 0 aromatic heterocycles. The molecule has 1 aliphatic heterocycles. The van der Waals surface area contributed by atoms with E-state index in [1.165, 1.54) is 25.7 Å². The van der Waals surface area contributed by atoms with Crippen molar-refractivity contribution >= 4 is 0 Å². The first-order valence-electron chi connectivity index (χ1n) is 13.1. The molecule has 2 aromatic carbocycles. The fourth-order valence-electron chi connectivity index (χ4n) is 6.13. The Morgan fingerprint density at radius 3 is 1.76 bits per heavy atom. The second-order valence-electron chi connectivity index (χ2n) is 10.6. The van der Waals surface area contributed by atoms with Gasteiger partial charge in [-0.3, -0.25) is 0 Å². The summed E-state index contributed by atoms with van der Waals surface area (Å²) < 4.78 is 115. The van der Waals surface area contributed by atoms with Gasteiger partial charge in [-0.1, -0.05) is 25.7 Å². The van der Waals surface area contributed by atoms with Gasteiger partial charge >= 0.3 is 6.11 Å². The van der Waals surface area contributed by atoms with Crippen LogP contribution in [0.3, 0.4) is 0 Å². The fourth-order valence-corrected chi connectivity index (χ4v) is 6.13. The molecule has 0 amide bonds. The van der Waals surface area contributed by atoms with E-state index in [4.69, 9.17) is 9.47 Å². The number of halogens is 7. The maximum absolute atomic E-state index is 14.8. The Morgan fingerprint density at radius 1 is 0.658 bits per heavy atom. The van der Waals surface area contributed by atoms with Crippen molar-refractivity contribution in [3.8, 4) is 5.75 Å². The van der Waals surface area contributed by atoms with Crippen LogP contribution >= 0.6 is 0 Å². The second-order valence-corrected chi connectivity index (χ2v) is 10.6. The average Bonchev–Trinajstić information content (AvgIpc) is 3.42. The minimum Gasteiger partial charge on any atom is -0.429 e. The number of alkyl halides is 2. The lowest BCUT2D eigenvalue weighted by Crippen LogP contribution is -2.40. The summed E-state index contributed by atoms with van der Waals surface area (Å²) in [6.45, 7) is 1.36. The molecular formula is C28H29F7O3. The summed E-state index contributed by atoms with van der Waals surface area (Å²) >= 11 is 0. The molecule has 0 unspecified atom stereocenters. The van der Waals surface area contributed by atoms with E-state index in [1.54, 1.807) is 0 Å². The molecule has 2 aromatic rings. The Bertz CT molecular complexity index is 1090. The number of benzene rings is 2. The van der Waals surface area contributed by atoms with Crippen molar-refractivity contribution in [2.75, 3.05) is 13.2 Å². The largest absolute Gasteiger partial charge is 0.432 e. The van der Waals surface area contributed by atoms with Crippen LogP contribution in [0.15, 0.2) is 24.3 Å². The summed E-state index contributed by atoms with van der Waals surface area (Å²) in [6.07, 6.45) is 2.63. The SMILES string of the molecule is Fc1cc(OC(F)(F)c2c(F)cc(C3CCC(C4OCC(C5CCCC5)CO4)CC3)cc2F)cc(F)c1F. The number of ether oxygens (including phenoxy) is 3. The predicted octanol–water partition coefficient (Wildman–Crippen LogP) is 7.96. The van der Waals surface area contributed by atoms with Crippen LogP contribution in [0.2, 0.25) is 0 Å². The van der Waals surface area contributed by atoms with Crippen LogP contribution in [0.4, 0.5) is 30.7 Å². The number of hydrogen-bond acceptors (Lipinski definition) is 3. The van der Waals surface area contributed by atoms with Gasteiger partial charge in [0.25, 0.3) is 0 Å². The van der Waals surface area contributed by atoms with Gasteiger partial charge in [-0.2, -0.15) is 8.78 Å². The molecule has 38 heavy (non-hydrogen) atoms. The molecule has 0 atom stereocenters. The Hall–Kier alpha value is -2.33. The standard InChI is InChI=1S/C28H29F7O3/c29-21-9-18(10-22(30)25(21)28(34,35)38-20-11-23(31)26(33)24(32)12-20)16-5-7-17(8-6-16)27-36-13-19(14-37-27)15-3-1-2-4-15/h9-12,15-17,19,27H,1-8,13-14H2. The van der Waals surface area contributed by atoms with Crippen molar-refractivity contribution < 1.29 is 44.9 Å².